The van der Waals surface area contributed by atoms with Gasteiger partial charge in [-0.05, 0) is 19.8 Å². The largest absolute Gasteiger partial charge is 0.391 e. The number of Topliss-reactive ketones (excluding diaryl/α,β-unsaturated/α-hetero) is 1. The zero-order chi connectivity index (χ0) is 10.8. The number of carbonyl (C=O) groups excluding carboxylic acids is 1. The number of aliphatic hydroxyl groups is 1. The molecule has 3 heteroatoms. The Morgan fingerprint density at radius 1 is 1.29 bits per heavy atom. The first-order valence-corrected chi connectivity index (χ1v) is 5.33. The Morgan fingerprint density at radius 2 is 1.93 bits per heavy atom. The van der Waals surface area contributed by atoms with E-state index in [2.05, 4.69) is 0 Å². The summed E-state index contributed by atoms with van der Waals surface area (Å²) in [5.41, 5.74) is 0. The van der Waals surface area contributed by atoms with Crippen molar-refractivity contribution in [3.8, 4) is 0 Å². The summed E-state index contributed by atoms with van der Waals surface area (Å²) in [6.45, 7) is 2.05. The van der Waals surface area contributed by atoms with Crippen LogP contribution in [0.3, 0.4) is 0 Å². The molecule has 0 aromatic rings. The van der Waals surface area contributed by atoms with E-state index in [-0.39, 0.29) is 11.9 Å². The maximum absolute atomic E-state index is 10.6. The van der Waals surface area contributed by atoms with E-state index in [4.69, 9.17) is 4.74 Å². The fourth-order valence-corrected chi connectivity index (χ4v) is 1.38. The molecule has 0 aromatic carbocycles. The molecule has 0 fully saturated rings. The summed E-state index contributed by atoms with van der Waals surface area (Å²) in [6.07, 6.45) is 5.34. The molecule has 0 radical (unpaired) electrons. The van der Waals surface area contributed by atoms with Crippen LogP contribution in [0, 0.1) is 0 Å². The molecule has 0 spiro atoms. The molecule has 0 bridgehead atoms. The first-order chi connectivity index (χ1) is 6.66. The van der Waals surface area contributed by atoms with Crippen molar-refractivity contribution in [3.63, 3.8) is 0 Å². The predicted molar refractivity (Wildman–Crippen MR) is 56.3 cm³/mol. The molecule has 0 aromatic heterocycles. The maximum atomic E-state index is 10.6. The number of ketones is 1. The van der Waals surface area contributed by atoms with Gasteiger partial charge in [-0.25, -0.2) is 0 Å². The van der Waals surface area contributed by atoms with Crippen LogP contribution in [0.2, 0.25) is 0 Å². The minimum atomic E-state index is -0.326. The second-order valence-electron chi connectivity index (χ2n) is 3.76. The summed E-state index contributed by atoms with van der Waals surface area (Å²) in [5.74, 6) is 0.268. The molecular weight excluding hydrogens is 180 g/mol. The van der Waals surface area contributed by atoms with Gasteiger partial charge in [0.2, 0.25) is 0 Å². The summed E-state index contributed by atoms with van der Waals surface area (Å²) in [7, 11) is 1.59. The molecule has 14 heavy (non-hydrogen) atoms. The topological polar surface area (TPSA) is 46.5 Å². The average molecular weight is 202 g/mol. The number of unbranched alkanes of at least 4 members (excludes halogenated alkanes) is 3. The SMILES string of the molecule is COCC(O)CCCCCCC(C)=O. The monoisotopic (exact) mass is 202 g/mol. The summed E-state index contributed by atoms with van der Waals surface area (Å²) < 4.78 is 4.82. The second-order valence-corrected chi connectivity index (χ2v) is 3.76. The molecule has 0 aliphatic heterocycles. The minimum absolute atomic E-state index is 0.268. The van der Waals surface area contributed by atoms with Gasteiger partial charge in [0.1, 0.15) is 5.78 Å². The van der Waals surface area contributed by atoms with Crippen molar-refractivity contribution < 1.29 is 14.6 Å². The van der Waals surface area contributed by atoms with Crippen molar-refractivity contribution in [1.29, 1.82) is 0 Å². The lowest BCUT2D eigenvalue weighted by Crippen LogP contribution is -2.13. The molecule has 0 aliphatic rings. The molecule has 0 amide bonds. The third kappa shape index (κ3) is 9.68. The lowest BCUT2D eigenvalue weighted by Gasteiger charge is -2.08. The second kappa shape index (κ2) is 9.16. The van der Waals surface area contributed by atoms with Gasteiger partial charge in [-0.1, -0.05) is 19.3 Å². The van der Waals surface area contributed by atoms with E-state index >= 15 is 0 Å². The first-order valence-electron chi connectivity index (χ1n) is 5.33. The number of hydrogen-bond donors (Lipinski definition) is 1. The quantitative estimate of drug-likeness (QED) is 0.581. The Balaban J connectivity index is 3.09. The highest BCUT2D eigenvalue weighted by molar-refractivity contribution is 5.75. The molecular formula is C11H22O3. The Bertz CT molecular complexity index is 145. The number of ether oxygens (including phenoxy) is 1. The summed E-state index contributed by atoms with van der Waals surface area (Å²) in [5, 5.41) is 9.31. The van der Waals surface area contributed by atoms with Gasteiger partial charge >= 0.3 is 0 Å². The van der Waals surface area contributed by atoms with Crippen LogP contribution in [0.25, 0.3) is 0 Å². The van der Waals surface area contributed by atoms with Gasteiger partial charge in [-0.15, -0.1) is 0 Å². The summed E-state index contributed by atoms with van der Waals surface area (Å²) in [6, 6.07) is 0. The number of methoxy groups -OCH3 is 1. The van der Waals surface area contributed by atoms with Crippen LogP contribution in [0.1, 0.15) is 45.4 Å². The van der Waals surface area contributed by atoms with Crippen molar-refractivity contribution >= 4 is 5.78 Å². The third-order valence-electron chi connectivity index (χ3n) is 2.18. The lowest BCUT2D eigenvalue weighted by atomic mass is 10.1. The Hall–Kier alpha value is -0.410. The van der Waals surface area contributed by atoms with Gasteiger partial charge in [-0.2, -0.15) is 0 Å². The van der Waals surface area contributed by atoms with Crippen LogP contribution < -0.4 is 0 Å². The molecule has 84 valence electrons. The normalized spacial score (nSPS) is 12.8. The van der Waals surface area contributed by atoms with Crippen molar-refractivity contribution in [2.45, 2.75) is 51.6 Å². The average Bonchev–Trinajstić information content (AvgIpc) is 2.11. The predicted octanol–water partition coefficient (Wildman–Crippen LogP) is 1.92. The fraction of sp³-hybridized carbons (Fsp3) is 0.909. The van der Waals surface area contributed by atoms with Crippen LogP contribution in [-0.2, 0) is 9.53 Å². The van der Waals surface area contributed by atoms with Crippen molar-refractivity contribution in [2.24, 2.45) is 0 Å². The molecule has 0 aliphatic carbocycles. The smallest absolute Gasteiger partial charge is 0.129 e. The van der Waals surface area contributed by atoms with Gasteiger partial charge in [0.25, 0.3) is 0 Å². The number of aliphatic hydroxyl groups excluding tert-OH is 1. The van der Waals surface area contributed by atoms with Gasteiger partial charge in [-0.3, -0.25) is 0 Å². The fourth-order valence-electron chi connectivity index (χ4n) is 1.38. The highest BCUT2D eigenvalue weighted by Crippen LogP contribution is 2.07. The molecule has 3 nitrogen and oxygen atoms in total. The first kappa shape index (κ1) is 13.6. The third-order valence-corrected chi connectivity index (χ3v) is 2.18. The molecule has 1 N–H and O–H groups in total. The Kier molecular flexibility index (Phi) is 8.89. The van der Waals surface area contributed by atoms with Gasteiger partial charge < -0.3 is 14.6 Å². The number of carbonyl (C=O) groups is 1. The molecule has 0 heterocycles. The molecule has 1 unspecified atom stereocenters. The minimum Gasteiger partial charge on any atom is -0.391 e. The van der Waals surface area contributed by atoms with Crippen LogP contribution in [-0.4, -0.2) is 30.7 Å². The van der Waals surface area contributed by atoms with E-state index in [9.17, 15) is 9.90 Å². The number of hydrogen-bond acceptors (Lipinski definition) is 3. The maximum Gasteiger partial charge on any atom is 0.129 e. The van der Waals surface area contributed by atoms with Crippen LogP contribution in [0.5, 0.6) is 0 Å². The lowest BCUT2D eigenvalue weighted by molar-refractivity contribution is -0.117. The van der Waals surface area contributed by atoms with E-state index in [0.717, 1.165) is 32.1 Å². The van der Waals surface area contributed by atoms with E-state index in [1.165, 1.54) is 0 Å². The molecule has 0 rings (SSSR count). The Morgan fingerprint density at radius 3 is 2.50 bits per heavy atom. The Labute approximate surface area is 86.5 Å². The van der Waals surface area contributed by atoms with E-state index in [1.54, 1.807) is 14.0 Å². The highest BCUT2D eigenvalue weighted by atomic mass is 16.5. The summed E-state index contributed by atoms with van der Waals surface area (Å²) >= 11 is 0. The molecule has 0 saturated carbocycles. The van der Waals surface area contributed by atoms with E-state index in [0.29, 0.717) is 13.0 Å². The zero-order valence-corrected chi connectivity index (χ0v) is 9.29. The van der Waals surface area contributed by atoms with E-state index in [1.807, 2.05) is 0 Å². The van der Waals surface area contributed by atoms with Gasteiger partial charge in [0.15, 0.2) is 0 Å². The molecule has 1 atom stereocenters. The van der Waals surface area contributed by atoms with Gasteiger partial charge in [0, 0.05) is 13.5 Å². The van der Waals surface area contributed by atoms with Gasteiger partial charge in [0.05, 0.1) is 12.7 Å². The van der Waals surface area contributed by atoms with Crippen molar-refractivity contribution in [2.75, 3.05) is 13.7 Å². The molecule has 0 saturated heterocycles. The van der Waals surface area contributed by atoms with Crippen LogP contribution >= 0.6 is 0 Å². The standard InChI is InChI=1S/C11H22O3/c1-10(12)7-5-3-4-6-8-11(13)9-14-2/h11,13H,3-9H2,1-2H3. The van der Waals surface area contributed by atoms with Crippen LogP contribution in [0.4, 0.5) is 0 Å². The summed E-state index contributed by atoms with van der Waals surface area (Å²) in [4.78, 5) is 10.6. The van der Waals surface area contributed by atoms with Crippen LogP contribution in [0.15, 0.2) is 0 Å². The van der Waals surface area contributed by atoms with Crippen molar-refractivity contribution in [3.05, 3.63) is 0 Å². The zero-order valence-electron chi connectivity index (χ0n) is 9.29. The number of rotatable bonds is 9. The highest BCUT2D eigenvalue weighted by Gasteiger charge is 2.02. The van der Waals surface area contributed by atoms with Crippen molar-refractivity contribution in [1.82, 2.24) is 0 Å². The van der Waals surface area contributed by atoms with E-state index < -0.39 is 0 Å².